The van der Waals surface area contributed by atoms with Crippen LogP contribution in [0.5, 0.6) is 5.75 Å². The number of phenolic OH excluding ortho intramolecular Hbond substituents is 1. The summed E-state index contributed by atoms with van der Waals surface area (Å²) in [6, 6.07) is 3.79. The van der Waals surface area contributed by atoms with Gasteiger partial charge in [0.05, 0.1) is 0 Å². The number of rotatable bonds is 3. The van der Waals surface area contributed by atoms with Crippen molar-refractivity contribution in [2.75, 3.05) is 0 Å². The molecular weight excluding hydrogens is 217 g/mol. The van der Waals surface area contributed by atoms with Crippen LogP contribution in [0.4, 0.5) is 4.39 Å². The summed E-state index contributed by atoms with van der Waals surface area (Å²) >= 11 is 0. The van der Waals surface area contributed by atoms with Gasteiger partial charge in [0.2, 0.25) is 0 Å². The normalized spacial score (nSPS) is 14.1. The van der Waals surface area contributed by atoms with E-state index in [2.05, 4.69) is 0 Å². The molecule has 0 aliphatic heterocycles. The van der Waals surface area contributed by atoms with Gasteiger partial charge in [-0.1, -0.05) is 26.3 Å². The van der Waals surface area contributed by atoms with Gasteiger partial charge in [0.25, 0.3) is 0 Å². The number of nitrogens with two attached hydrogens (primary N) is 1. The standard InChI is InChI=1S/C11H16FNO.ClH/c1-3-7(2)11(13)9-5-4-8(14)6-10(9)12;/h4-7,11,14H,3,13H2,1-2H3;1H/t7?,11-;/m0./s1. The topological polar surface area (TPSA) is 46.2 Å². The highest BCUT2D eigenvalue weighted by Crippen LogP contribution is 2.26. The summed E-state index contributed by atoms with van der Waals surface area (Å²) in [5.41, 5.74) is 6.35. The molecule has 0 spiro atoms. The molecule has 0 fully saturated rings. The molecule has 2 nitrogen and oxygen atoms in total. The summed E-state index contributed by atoms with van der Waals surface area (Å²) in [5, 5.41) is 9.03. The zero-order chi connectivity index (χ0) is 10.7. The van der Waals surface area contributed by atoms with Crippen LogP contribution in [0.3, 0.4) is 0 Å². The lowest BCUT2D eigenvalue weighted by atomic mass is 9.93. The molecule has 1 aromatic rings. The Morgan fingerprint density at radius 2 is 2.07 bits per heavy atom. The van der Waals surface area contributed by atoms with E-state index < -0.39 is 5.82 Å². The van der Waals surface area contributed by atoms with E-state index in [1.807, 2.05) is 13.8 Å². The maximum Gasteiger partial charge on any atom is 0.131 e. The summed E-state index contributed by atoms with van der Waals surface area (Å²) in [6.07, 6.45) is 0.904. The largest absolute Gasteiger partial charge is 0.508 e. The average Bonchev–Trinajstić information content (AvgIpc) is 2.15. The molecule has 0 radical (unpaired) electrons. The van der Waals surface area contributed by atoms with Crippen molar-refractivity contribution >= 4 is 12.4 Å². The van der Waals surface area contributed by atoms with Crippen molar-refractivity contribution in [2.24, 2.45) is 11.7 Å². The molecule has 0 aliphatic rings. The molecule has 4 heteroatoms. The van der Waals surface area contributed by atoms with E-state index >= 15 is 0 Å². The zero-order valence-corrected chi connectivity index (χ0v) is 9.72. The second-order valence-electron chi connectivity index (χ2n) is 3.62. The van der Waals surface area contributed by atoms with Crippen molar-refractivity contribution in [3.05, 3.63) is 29.6 Å². The van der Waals surface area contributed by atoms with Gasteiger partial charge in [0.1, 0.15) is 11.6 Å². The first kappa shape index (κ1) is 14.2. The van der Waals surface area contributed by atoms with Crippen molar-refractivity contribution in [2.45, 2.75) is 26.3 Å². The molecule has 0 amide bonds. The van der Waals surface area contributed by atoms with E-state index in [0.717, 1.165) is 12.5 Å². The summed E-state index contributed by atoms with van der Waals surface area (Å²) in [4.78, 5) is 0. The van der Waals surface area contributed by atoms with Crippen LogP contribution in [-0.2, 0) is 0 Å². The molecule has 1 unspecified atom stereocenters. The molecule has 0 aromatic heterocycles. The minimum atomic E-state index is -0.433. The average molecular weight is 234 g/mol. The Balaban J connectivity index is 0.00000196. The predicted molar refractivity (Wildman–Crippen MR) is 61.7 cm³/mol. The Kier molecular flexibility index (Phi) is 5.61. The third kappa shape index (κ3) is 3.36. The number of phenols is 1. The van der Waals surface area contributed by atoms with E-state index in [4.69, 9.17) is 10.8 Å². The molecular formula is C11H17ClFNO. The number of benzene rings is 1. The number of hydrogen-bond donors (Lipinski definition) is 2. The van der Waals surface area contributed by atoms with Crippen LogP contribution in [0.15, 0.2) is 18.2 Å². The Hall–Kier alpha value is -0.800. The first-order valence-corrected chi connectivity index (χ1v) is 4.80. The van der Waals surface area contributed by atoms with E-state index in [-0.39, 0.29) is 30.1 Å². The Morgan fingerprint density at radius 1 is 1.47 bits per heavy atom. The van der Waals surface area contributed by atoms with Crippen LogP contribution < -0.4 is 5.73 Å². The molecule has 86 valence electrons. The monoisotopic (exact) mass is 233 g/mol. The second-order valence-corrected chi connectivity index (χ2v) is 3.62. The van der Waals surface area contributed by atoms with Crippen LogP contribution in [-0.4, -0.2) is 5.11 Å². The number of aromatic hydroxyl groups is 1. The van der Waals surface area contributed by atoms with Gasteiger partial charge in [-0.05, 0) is 12.0 Å². The minimum Gasteiger partial charge on any atom is -0.508 e. The third-order valence-corrected chi connectivity index (χ3v) is 2.60. The van der Waals surface area contributed by atoms with Gasteiger partial charge in [-0.2, -0.15) is 0 Å². The van der Waals surface area contributed by atoms with Crippen LogP contribution >= 0.6 is 12.4 Å². The highest BCUT2D eigenvalue weighted by atomic mass is 35.5. The van der Waals surface area contributed by atoms with Gasteiger partial charge in [0, 0.05) is 17.7 Å². The molecule has 0 bridgehead atoms. The maximum absolute atomic E-state index is 13.4. The minimum absolute atomic E-state index is 0. The van der Waals surface area contributed by atoms with Crippen LogP contribution in [0.1, 0.15) is 31.9 Å². The van der Waals surface area contributed by atoms with Crippen molar-refractivity contribution in [1.82, 2.24) is 0 Å². The summed E-state index contributed by atoms with van der Waals surface area (Å²) in [7, 11) is 0. The fraction of sp³-hybridized carbons (Fsp3) is 0.455. The summed E-state index contributed by atoms with van der Waals surface area (Å²) in [5.74, 6) is -0.269. The molecule has 1 aromatic carbocycles. The highest BCUT2D eigenvalue weighted by molar-refractivity contribution is 5.85. The SMILES string of the molecule is CCC(C)[C@H](N)c1ccc(O)cc1F.Cl. The van der Waals surface area contributed by atoms with Crippen molar-refractivity contribution in [3.63, 3.8) is 0 Å². The molecule has 0 heterocycles. The predicted octanol–water partition coefficient (Wildman–Crippen LogP) is 3.00. The molecule has 1 rings (SSSR count). The van der Waals surface area contributed by atoms with Crippen LogP contribution in [0, 0.1) is 11.7 Å². The molecule has 3 N–H and O–H groups in total. The van der Waals surface area contributed by atoms with E-state index in [9.17, 15) is 4.39 Å². The fourth-order valence-corrected chi connectivity index (χ4v) is 1.35. The van der Waals surface area contributed by atoms with Crippen LogP contribution in [0.25, 0.3) is 0 Å². The Labute approximate surface area is 95.7 Å². The smallest absolute Gasteiger partial charge is 0.131 e. The van der Waals surface area contributed by atoms with Crippen molar-refractivity contribution < 1.29 is 9.50 Å². The maximum atomic E-state index is 13.4. The first-order valence-electron chi connectivity index (χ1n) is 4.80. The van der Waals surface area contributed by atoms with Crippen molar-refractivity contribution in [3.8, 4) is 5.75 Å². The fourth-order valence-electron chi connectivity index (χ4n) is 1.35. The lowest BCUT2D eigenvalue weighted by Crippen LogP contribution is -2.19. The highest BCUT2D eigenvalue weighted by Gasteiger charge is 2.16. The van der Waals surface area contributed by atoms with E-state index in [0.29, 0.717) is 5.56 Å². The van der Waals surface area contributed by atoms with Gasteiger partial charge < -0.3 is 10.8 Å². The molecule has 2 atom stereocenters. The van der Waals surface area contributed by atoms with Gasteiger partial charge in [-0.25, -0.2) is 4.39 Å². The molecule has 0 aliphatic carbocycles. The lowest BCUT2D eigenvalue weighted by molar-refractivity contribution is 0.432. The Morgan fingerprint density at radius 3 is 2.53 bits per heavy atom. The number of halogens is 2. The van der Waals surface area contributed by atoms with Gasteiger partial charge in [-0.3, -0.25) is 0 Å². The van der Waals surface area contributed by atoms with E-state index in [1.165, 1.54) is 6.07 Å². The Bertz CT molecular complexity index is 319. The van der Waals surface area contributed by atoms with Gasteiger partial charge in [0.15, 0.2) is 0 Å². The number of hydrogen-bond acceptors (Lipinski definition) is 2. The zero-order valence-electron chi connectivity index (χ0n) is 8.90. The third-order valence-electron chi connectivity index (χ3n) is 2.60. The summed E-state index contributed by atoms with van der Waals surface area (Å²) < 4.78 is 13.4. The molecule has 0 saturated heterocycles. The van der Waals surface area contributed by atoms with Crippen LogP contribution in [0.2, 0.25) is 0 Å². The molecule has 0 saturated carbocycles. The second kappa shape index (κ2) is 5.93. The first-order chi connectivity index (χ1) is 6.56. The quantitative estimate of drug-likeness (QED) is 0.843. The lowest BCUT2D eigenvalue weighted by Gasteiger charge is -2.19. The van der Waals surface area contributed by atoms with Gasteiger partial charge >= 0.3 is 0 Å². The summed E-state index contributed by atoms with van der Waals surface area (Å²) in [6.45, 7) is 4.00. The van der Waals surface area contributed by atoms with Gasteiger partial charge in [-0.15, -0.1) is 12.4 Å². The molecule has 15 heavy (non-hydrogen) atoms. The van der Waals surface area contributed by atoms with E-state index in [1.54, 1.807) is 6.07 Å². The van der Waals surface area contributed by atoms with Crippen molar-refractivity contribution in [1.29, 1.82) is 0 Å².